The first-order valence-corrected chi connectivity index (χ1v) is 8.39. The summed E-state index contributed by atoms with van der Waals surface area (Å²) in [6.45, 7) is 10.5. The molecule has 0 bridgehead atoms. The maximum atomic E-state index is 12.9. The number of ether oxygens (including phenoxy) is 2. The van der Waals surface area contributed by atoms with Crippen LogP contribution in [0, 0.1) is 5.92 Å². The number of carbonyl (C=O) groups excluding carboxylic acids is 3. The van der Waals surface area contributed by atoms with Crippen LogP contribution < -0.4 is 9.64 Å². The van der Waals surface area contributed by atoms with E-state index in [-0.39, 0.29) is 24.2 Å². The lowest BCUT2D eigenvalue weighted by molar-refractivity contribution is -0.148. The number of fused-ring (bicyclic) bond motifs is 1. The van der Waals surface area contributed by atoms with Gasteiger partial charge in [0.2, 0.25) is 0 Å². The molecule has 1 unspecified atom stereocenters. The molecule has 0 saturated carbocycles. The Hall–Kier alpha value is -2.37. The smallest absolute Gasteiger partial charge is 0.328 e. The molecule has 1 aliphatic heterocycles. The average Bonchev–Trinajstić information content (AvgIpc) is 2.52. The van der Waals surface area contributed by atoms with Crippen LogP contribution in [0.15, 0.2) is 18.2 Å². The molecule has 0 spiro atoms. The Morgan fingerprint density at radius 1 is 1.24 bits per heavy atom. The van der Waals surface area contributed by atoms with Gasteiger partial charge in [0.25, 0.3) is 5.91 Å². The van der Waals surface area contributed by atoms with Crippen LogP contribution >= 0.6 is 0 Å². The van der Waals surface area contributed by atoms with Crippen LogP contribution in [0.2, 0.25) is 0 Å². The first-order valence-electron chi connectivity index (χ1n) is 8.39. The molecule has 136 valence electrons. The lowest BCUT2D eigenvalue weighted by Crippen LogP contribution is -2.57. The summed E-state index contributed by atoms with van der Waals surface area (Å²) in [5.41, 5.74) is -0.259. The summed E-state index contributed by atoms with van der Waals surface area (Å²) >= 11 is 0. The Kier molecular flexibility index (Phi) is 5.20. The van der Waals surface area contributed by atoms with Gasteiger partial charge in [-0.1, -0.05) is 13.8 Å². The Labute approximate surface area is 148 Å². The number of rotatable bonds is 5. The molecule has 0 radical (unpaired) electrons. The summed E-state index contributed by atoms with van der Waals surface area (Å²) in [5, 5.41) is 0. The second kappa shape index (κ2) is 6.86. The standard InChI is InChI=1S/C19H25NO5/c1-11(2)10-24-17(22)12(3)20-15-9-14(13(4)21)7-8-16(15)25-19(5,6)18(20)23/h7-9,11-12H,10H2,1-6H3. The van der Waals surface area contributed by atoms with E-state index in [1.807, 2.05) is 13.8 Å². The number of amides is 1. The fourth-order valence-corrected chi connectivity index (χ4v) is 2.59. The number of esters is 1. The van der Waals surface area contributed by atoms with Gasteiger partial charge < -0.3 is 9.47 Å². The molecule has 0 fully saturated rings. The summed E-state index contributed by atoms with van der Waals surface area (Å²) in [6, 6.07) is 4.05. The highest BCUT2D eigenvalue weighted by molar-refractivity contribution is 6.07. The molecule has 1 atom stereocenters. The van der Waals surface area contributed by atoms with E-state index in [2.05, 4.69) is 0 Å². The van der Waals surface area contributed by atoms with Crippen molar-refractivity contribution in [3.8, 4) is 5.75 Å². The molecule has 0 N–H and O–H groups in total. The second-order valence-corrected chi connectivity index (χ2v) is 7.23. The molecular formula is C19H25NO5. The normalized spacial score (nSPS) is 16.9. The highest BCUT2D eigenvalue weighted by Gasteiger charge is 2.44. The summed E-state index contributed by atoms with van der Waals surface area (Å²) in [4.78, 5) is 38.4. The van der Waals surface area contributed by atoms with E-state index in [1.165, 1.54) is 11.8 Å². The molecule has 1 aromatic carbocycles. The van der Waals surface area contributed by atoms with Crippen LogP contribution in [0.4, 0.5) is 5.69 Å². The molecule has 25 heavy (non-hydrogen) atoms. The molecule has 1 aromatic rings. The Morgan fingerprint density at radius 3 is 2.44 bits per heavy atom. The van der Waals surface area contributed by atoms with Gasteiger partial charge in [-0.3, -0.25) is 14.5 Å². The van der Waals surface area contributed by atoms with Crippen molar-refractivity contribution >= 4 is 23.3 Å². The van der Waals surface area contributed by atoms with Gasteiger partial charge in [0.15, 0.2) is 11.4 Å². The summed E-state index contributed by atoms with van der Waals surface area (Å²) in [5.74, 6) is -0.314. The predicted molar refractivity (Wildman–Crippen MR) is 93.9 cm³/mol. The number of Topliss-reactive ketones (excluding diaryl/α,β-unsaturated/α-hetero) is 1. The van der Waals surface area contributed by atoms with E-state index in [4.69, 9.17) is 9.47 Å². The van der Waals surface area contributed by atoms with Gasteiger partial charge in [0, 0.05) is 5.56 Å². The number of carbonyl (C=O) groups is 3. The molecule has 6 nitrogen and oxygen atoms in total. The number of anilines is 1. The van der Waals surface area contributed by atoms with Crippen molar-refractivity contribution in [1.82, 2.24) is 0 Å². The highest BCUT2D eigenvalue weighted by Crippen LogP contribution is 2.39. The molecule has 0 aromatic heterocycles. The third-order valence-corrected chi connectivity index (χ3v) is 4.01. The van der Waals surface area contributed by atoms with Crippen molar-refractivity contribution in [2.75, 3.05) is 11.5 Å². The van der Waals surface area contributed by atoms with E-state index in [1.54, 1.807) is 39.0 Å². The fraction of sp³-hybridized carbons (Fsp3) is 0.526. The molecule has 0 saturated heterocycles. The van der Waals surface area contributed by atoms with Gasteiger partial charge in [-0.15, -0.1) is 0 Å². The third kappa shape index (κ3) is 3.83. The summed E-state index contributed by atoms with van der Waals surface area (Å²) in [6.07, 6.45) is 0. The van der Waals surface area contributed by atoms with Crippen molar-refractivity contribution in [2.24, 2.45) is 5.92 Å². The molecule has 2 rings (SSSR count). The fourth-order valence-electron chi connectivity index (χ4n) is 2.59. The highest BCUT2D eigenvalue weighted by atomic mass is 16.5. The number of hydrogen-bond acceptors (Lipinski definition) is 5. The first-order chi connectivity index (χ1) is 11.5. The van der Waals surface area contributed by atoms with Crippen LogP contribution in [0.25, 0.3) is 0 Å². The maximum absolute atomic E-state index is 12.9. The minimum atomic E-state index is -1.11. The van der Waals surface area contributed by atoms with E-state index < -0.39 is 17.6 Å². The Morgan fingerprint density at radius 2 is 1.88 bits per heavy atom. The van der Waals surface area contributed by atoms with Crippen molar-refractivity contribution in [3.05, 3.63) is 23.8 Å². The van der Waals surface area contributed by atoms with E-state index in [0.29, 0.717) is 17.0 Å². The Bertz CT molecular complexity index is 708. The van der Waals surface area contributed by atoms with Crippen molar-refractivity contribution < 1.29 is 23.9 Å². The summed E-state index contributed by atoms with van der Waals surface area (Å²) in [7, 11) is 0. The lowest BCUT2D eigenvalue weighted by Gasteiger charge is -2.41. The van der Waals surface area contributed by atoms with Crippen LogP contribution in [0.5, 0.6) is 5.75 Å². The molecule has 1 aliphatic rings. The largest absolute Gasteiger partial charge is 0.476 e. The van der Waals surface area contributed by atoms with E-state index in [9.17, 15) is 14.4 Å². The van der Waals surface area contributed by atoms with Crippen molar-refractivity contribution in [3.63, 3.8) is 0 Å². The minimum Gasteiger partial charge on any atom is -0.476 e. The van der Waals surface area contributed by atoms with E-state index in [0.717, 1.165) is 0 Å². The van der Waals surface area contributed by atoms with E-state index >= 15 is 0 Å². The van der Waals surface area contributed by atoms with Crippen LogP contribution in [-0.2, 0) is 14.3 Å². The molecule has 1 amide bonds. The second-order valence-electron chi connectivity index (χ2n) is 7.23. The van der Waals surface area contributed by atoms with Crippen LogP contribution in [-0.4, -0.2) is 35.9 Å². The summed E-state index contributed by atoms with van der Waals surface area (Å²) < 4.78 is 11.1. The van der Waals surface area contributed by atoms with Crippen molar-refractivity contribution in [1.29, 1.82) is 0 Å². The van der Waals surface area contributed by atoms with Gasteiger partial charge in [-0.05, 0) is 51.8 Å². The van der Waals surface area contributed by atoms with Crippen LogP contribution in [0.1, 0.15) is 51.9 Å². The molecule has 6 heteroatoms. The molecule has 0 aliphatic carbocycles. The zero-order valence-corrected chi connectivity index (χ0v) is 15.6. The van der Waals surface area contributed by atoms with Gasteiger partial charge in [0.1, 0.15) is 11.8 Å². The van der Waals surface area contributed by atoms with Crippen molar-refractivity contribution in [2.45, 2.75) is 53.2 Å². The zero-order chi connectivity index (χ0) is 18.9. The molecular weight excluding hydrogens is 322 g/mol. The lowest BCUT2D eigenvalue weighted by atomic mass is 10.00. The number of benzene rings is 1. The number of nitrogens with zero attached hydrogens (tertiary/aromatic N) is 1. The van der Waals surface area contributed by atoms with Gasteiger partial charge in [0.05, 0.1) is 12.3 Å². The first kappa shape index (κ1) is 19.0. The quantitative estimate of drug-likeness (QED) is 0.605. The zero-order valence-electron chi connectivity index (χ0n) is 15.6. The number of hydrogen-bond donors (Lipinski definition) is 0. The third-order valence-electron chi connectivity index (χ3n) is 4.01. The topological polar surface area (TPSA) is 72.9 Å². The Balaban J connectivity index is 2.44. The average molecular weight is 347 g/mol. The maximum Gasteiger partial charge on any atom is 0.328 e. The molecule has 1 heterocycles. The predicted octanol–water partition coefficient (Wildman–Crippen LogP) is 2.98. The SMILES string of the molecule is CC(=O)c1ccc2c(c1)N(C(C)C(=O)OCC(C)C)C(=O)C(C)(C)O2. The minimum absolute atomic E-state index is 0.130. The van der Waals surface area contributed by atoms with Gasteiger partial charge in [-0.2, -0.15) is 0 Å². The van der Waals surface area contributed by atoms with Crippen LogP contribution in [0.3, 0.4) is 0 Å². The van der Waals surface area contributed by atoms with Gasteiger partial charge in [-0.25, -0.2) is 4.79 Å². The number of ketones is 1. The monoisotopic (exact) mass is 347 g/mol. The van der Waals surface area contributed by atoms with Gasteiger partial charge >= 0.3 is 5.97 Å².